The highest BCUT2D eigenvalue weighted by Crippen LogP contribution is 2.43. The second-order valence-corrected chi connectivity index (χ2v) is 13.5. The van der Waals surface area contributed by atoms with Crippen LogP contribution >= 0.6 is 0 Å². The van der Waals surface area contributed by atoms with E-state index in [9.17, 15) is 21.6 Å². The van der Waals surface area contributed by atoms with Crippen molar-refractivity contribution >= 4 is 25.6 Å². The number of fused-ring (bicyclic) bond motifs is 1. The van der Waals surface area contributed by atoms with E-state index in [0.717, 1.165) is 32.5 Å². The molecule has 34 heavy (non-hydrogen) atoms. The molecular weight excluding hydrogens is 472 g/mol. The summed E-state index contributed by atoms with van der Waals surface area (Å²) >= 11 is 0. The minimum Gasteiger partial charge on any atom is -0.335 e. The second kappa shape index (κ2) is 9.79. The number of hydrogen-bond donors (Lipinski definition) is 0. The Morgan fingerprint density at radius 2 is 1.71 bits per heavy atom. The normalized spacial score (nSPS) is 20.3. The van der Waals surface area contributed by atoms with Crippen LogP contribution in [-0.2, 0) is 19.7 Å². The van der Waals surface area contributed by atoms with E-state index < -0.39 is 30.7 Å². The van der Waals surface area contributed by atoms with E-state index in [-0.39, 0.29) is 32.9 Å². The number of hydrogen-bond acceptors (Lipinski definition) is 6. The van der Waals surface area contributed by atoms with Crippen molar-refractivity contribution in [2.24, 2.45) is 0 Å². The fourth-order valence-electron chi connectivity index (χ4n) is 4.91. The molecule has 4 rings (SSSR count). The van der Waals surface area contributed by atoms with Crippen molar-refractivity contribution in [1.82, 2.24) is 9.80 Å². The highest BCUT2D eigenvalue weighted by atomic mass is 32.2. The SMILES string of the molecule is CC(C)N(CCN1CCCCC1)C(=O)c1cccc2c1C(S(=O)(=O)c1ccccc1)CS2(=O)=O. The van der Waals surface area contributed by atoms with Crippen molar-refractivity contribution in [1.29, 1.82) is 0 Å². The fourth-order valence-corrected chi connectivity index (χ4v) is 9.28. The zero-order valence-electron chi connectivity index (χ0n) is 19.7. The van der Waals surface area contributed by atoms with Crippen LogP contribution in [0, 0.1) is 0 Å². The number of sulfone groups is 2. The topological polar surface area (TPSA) is 91.8 Å². The maximum Gasteiger partial charge on any atom is 0.254 e. The van der Waals surface area contributed by atoms with E-state index in [4.69, 9.17) is 0 Å². The van der Waals surface area contributed by atoms with Crippen LogP contribution in [0.3, 0.4) is 0 Å². The molecule has 1 saturated heterocycles. The molecule has 9 heteroatoms. The Labute approximate surface area is 202 Å². The number of amides is 1. The highest BCUT2D eigenvalue weighted by Gasteiger charge is 2.45. The lowest BCUT2D eigenvalue weighted by molar-refractivity contribution is 0.0673. The average Bonchev–Trinajstić information content (AvgIpc) is 3.12. The van der Waals surface area contributed by atoms with Crippen LogP contribution < -0.4 is 0 Å². The van der Waals surface area contributed by atoms with Crippen LogP contribution in [0.15, 0.2) is 58.3 Å². The minimum absolute atomic E-state index is 0.0520. The monoisotopic (exact) mass is 504 g/mol. The largest absolute Gasteiger partial charge is 0.335 e. The van der Waals surface area contributed by atoms with Gasteiger partial charge in [-0.15, -0.1) is 0 Å². The zero-order chi connectivity index (χ0) is 24.5. The predicted octanol–water partition coefficient (Wildman–Crippen LogP) is 3.33. The number of benzene rings is 2. The molecule has 2 aliphatic rings. The number of likely N-dealkylation sites (tertiary alicyclic amines) is 1. The summed E-state index contributed by atoms with van der Waals surface area (Å²) in [6.45, 7) is 7.11. The van der Waals surface area contributed by atoms with Crippen molar-refractivity contribution in [2.45, 2.75) is 54.2 Å². The molecule has 1 fully saturated rings. The molecule has 184 valence electrons. The third-order valence-corrected chi connectivity index (χ3v) is 10.9. The Bertz CT molecular complexity index is 1250. The number of piperidine rings is 1. The molecule has 0 saturated carbocycles. The molecule has 2 aliphatic heterocycles. The fraction of sp³-hybridized carbons (Fsp3) is 0.480. The molecule has 0 spiro atoms. The lowest BCUT2D eigenvalue weighted by Crippen LogP contribution is -2.44. The molecule has 2 heterocycles. The van der Waals surface area contributed by atoms with Gasteiger partial charge in [-0.25, -0.2) is 16.8 Å². The van der Waals surface area contributed by atoms with Crippen molar-refractivity contribution in [3.8, 4) is 0 Å². The third kappa shape index (κ3) is 4.78. The molecule has 1 atom stereocenters. The van der Waals surface area contributed by atoms with Crippen molar-refractivity contribution in [2.75, 3.05) is 31.9 Å². The van der Waals surface area contributed by atoms with Crippen LogP contribution in [0.1, 0.15) is 54.3 Å². The zero-order valence-corrected chi connectivity index (χ0v) is 21.3. The Kier molecular flexibility index (Phi) is 7.17. The Morgan fingerprint density at radius 1 is 1.03 bits per heavy atom. The van der Waals surface area contributed by atoms with Gasteiger partial charge in [-0.1, -0.05) is 30.7 Å². The molecule has 1 unspecified atom stereocenters. The van der Waals surface area contributed by atoms with Gasteiger partial charge in [-0.2, -0.15) is 0 Å². The van der Waals surface area contributed by atoms with Gasteiger partial charge in [0.2, 0.25) is 0 Å². The first-order chi connectivity index (χ1) is 16.1. The van der Waals surface area contributed by atoms with Crippen LogP contribution in [0.2, 0.25) is 0 Å². The Balaban J connectivity index is 1.72. The van der Waals surface area contributed by atoms with Crippen LogP contribution in [0.25, 0.3) is 0 Å². The van der Waals surface area contributed by atoms with Gasteiger partial charge in [-0.3, -0.25) is 4.79 Å². The molecule has 0 N–H and O–H groups in total. The first-order valence-electron chi connectivity index (χ1n) is 11.8. The number of carbonyl (C=O) groups excluding carboxylic acids is 1. The first kappa shape index (κ1) is 24.9. The number of nitrogens with zero attached hydrogens (tertiary/aromatic N) is 2. The molecule has 7 nitrogen and oxygen atoms in total. The van der Waals surface area contributed by atoms with E-state index >= 15 is 0 Å². The van der Waals surface area contributed by atoms with E-state index in [2.05, 4.69) is 4.90 Å². The quantitative estimate of drug-likeness (QED) is 0.574. The summed E-state index contributed by atoms with van der Waals surface area (Å²) in [4.78, 5) is 17.8. The minimum atomic E-state index is -4.01. The summed E-state index contributed by atoms with van der Waals surface area (Å²) in [6.07, 6.45) is 3.53. The molecule has 2 aromatic rings. The van der Waals surface area contributed by atoms with Crippen molar-refractivity contribution in [3.63, 3.8) is 0 Å². The summed E-state index contributed by atoms with van der Waals surface area (Å²) in [5.41, 5.74) is 0.274. The van der Waals surface area contributed by atoms with Crippen LogP contribution in [-0.4, -0.2) is 70.5 Å². The van der Waals surface area contributed by atoms with Crippen LogP contribution in [0.5, 0.6) is 0 Å². The highest BCUT2D eigenvalue weighted by molar-refractivity contribution is 7.96. The van der Waals surface area contributed by atoms with Gasteiger partial charge >= 0.3 is 0 Å². The Morgan fingerprint density at radius 3 is 2.35 bits per heavy atom. The van der Waals surface area contributed by atoms with Gasteiger partial charge in [0.05, 0.1) is 15.5 Å². The van der Waals surface area contributed by atoms with Gasteiger partial charge in [-0.05, 0) is 64.0 Å². The summed E-state index contributed by atoms with van der Waals surface area (Å²) in [5, 5.41) is -1.31. The maximum atomic E-state index is 13.8. The molecule has 0 bridgehead atoms. The van der Waals surface area contributed by atoms with Gasteiger partial charge in [0.1, 0.15) is 5.25 Å². The summed E-state index contributed by atoms with van der Waals surface area (Å²) in [5.74, 6) is -0.881. The summed E-state index contributed by atoms with van der Waals surface area (Å²) in [6, 6.07) is 12.2. The van der Waals surface area contributed by atoms with Gasteiger partial charge in [0.25, 0.3) is 5.91 Å². The predicted molar refractivity (Wildman–Crippen MR) is 131 cm³/mol. The summed E-state index contributed by atoms with van der Waals surface area (Å²) in [7, 11) is -7.85. The molecular formula is C25H32N2O5S2. The maximum absolute atomic E-state index is 13.8. The smallest absolute Gasteiger partial charge is 0.254 e. The van der Waals surface area contributed by atoms with Crippen molar-refractivity contribution in [3.05, 3.63) is 59.7 Å². The molecule has 0 aromatic heterocycles. The summed E-state index contributed by atoms with van der Waals surface area (Å²) < 4.78 is 52.9. The first-order valence-corrected chi connectivity index (χ1v) is 15.0. The molecule has 1 amide bonds. The van der Waals surface area contributed by atoms with Crippen molar-refractivity contribution < 1.29 is 21.6 Å². The van der Waals surface area contributed by atoms with E-state index in [1.165, 1.54) is 30.7 Å². The molecule has 0 radical (unpaired) electrons. The van der Waals surface area contributed by atoms with Gasteiger partial charge in [0, 0.05) is 30.3 Å². The number of rotatable bonds is 7. The van der Waals surface area contributed by atoms with E-state index in [1.54, 1.807) is 29.2 Å². The van der Waals surface area contributed by atoms with E-state index in [0.29, 0.717) is 6.54 Å². The Hall–Kier alpha value is -2.23. The lowest BCUT2D eigenvalue weighted by Gasteiger charge is -2.32. The van der Waals surface area contributed by atoms with Gasteiger partial charge in [0.15, 0.2) is 19.7 Å². The standard InChI is InChI=1S/C25H32N2O5S2/c1-19(2)27(17-16-26-14-7-4-8-15-26)25(28)21-12-9-13-22-24(21)23(18-33(22,29)30)34(31,32)20-10-5-3-6-11-20/h3,5-6,9-13,19,23H,4,7-8,14-18H2,1-2H3. The molecule has 0 aliphatic carbocycles. The van der Waals surface area contributed by atoms with E-state index in [1.807, 2.05) is 13.8 Å². The van der Waals surface area contributed by atoms with Crippen LogP contribution in [0.4, 0.5) is 0 Å². The number of carbonyl (C=O) groups is 1. The van der Waals surface area contributed by atoms with Gasteiger partial charge < -0.3 is 9.80 Å². The molecule has 2 aromatic carbocycles. The average molecular weight is 505 g/mol. The third-order valence-electron chi connectivity index (χ3n) is 6.76. The second-order valence-electron chi connectivity index (χ2n) is 9.34. The lowest BCUT2D eigenvalue weighted by atomic mass is 10.0.